The van der Waals surface area contributed by atoms with E-state index in [9.17, 15) is 13.2 Å². The highest BCUT2D eigenvalue weighted by molar-refractivity contribution is 5.73. The molecule has 158 valence electrons. The SMILES string of the molecule is Cc1cc(Nc2cc(C)[nH]n2)nc(N2C[C@H]3CC[C@@H](C2)N3)n1.O=C(O)C(F)(F)F. The smallest absolute Gasteiger partial charge is 0.475 e. The van der Waals surface area contributed by atoms with Crippen LogP contribution in [-0.2, 0) is 4.79 Å². The number of aryl methyl sites for hydroxylation is 2. The summed E-state index contributed by atoms with van der Waals surface area (Å²) in [5.41, 5.74) is 1.98. The molecule has 0 amide bonds. The largest absolute Gasteiger partial charge is 0.490 e. The van der Waals surface area contributed by atoms with Gasteiger partial charge in [-0.05, 0) is 26.7 Å². The zero-order valence-corrected chi connectivity index (χ0v) is 15.9. The van der Waals surface area contributed by atoms with Crippen LogP contribution in [0, 0.1) is 13.8 Å². The Morgan fingerprint density at radius 2 is 1.79 bits per heavy atom. The molecule has 4 heterocycles. The number of hydrogen-bond acceptors (Lipinski definition) is 7. The summed E-state index contributed by atoms with van der Waals surface area (Å²) >= 11 is 0. The molecule has 29 heavy (non-hydrogen) atoms. The van der Waals surface area contributed by atoms with Gasteiger partial charge in [-0.1, -0.05) is 0 Å². The zero-order valence-electron chi connectivity index (χ0n) is 15.9. The van der Waals surface area contributed by atoms with Crippen LogP contribution in [0.25, 0.3) is 0 Å². The third-order valence-corrected chi connectivity index (χ3v) is 4.55. The second-order valence-corrected chi connectivity index (χ2v) is 7.10. The van der Waals surface area contributed by atoms with E-state index in [2.05, 4.69) is 35.7 Å². The van der Waals surface area contributed by atoms with Crippen LogP contribution >= 0.6 is 0 Å². The molecule has 0 spiro atoms. The lowest BCUT2D eigenvalue weighted by molar-refractivity contribution is -0.192. The molecule has 0 saturated carbocycles. The molecule has 2 saturated heterocycles. The summed E-state index contributed by atoms with van der Waals surface area (Å²) in [5.74, 6) is -0.373. The Kier molecular flexibility index (Phi) is 5.91. The number of aliphatic carboxylic acids is 1. The lowest BCUT2D eigenvalue weighted by Gasteiger charge is -2.33. The number of alkyl halides is 3. The molecule has 2 aliphatic rings. The normalized spacial score (nSPS) is 20.8. The molecule has 12 heteroatoms. The maximum Gasteiger partial charge on any atom is 0.490 e. The quantitative estimate of drug-likeness (QED) is 0.604. The summed E-state index contributed by atoms with van der Waals surface area (Å²) in [6, 6.07) is 5.06. The van der Waals surface area contributed by atoms with Crippen LogP contribution in [0.2, 0.25) is 0 Å². The van der Waals surface area contributed by atoms with Gasteiger partial charge in [0.2, 0.25) is 5.95 Å². The summed E-state index contributed by atoms with van der Waals surface area (Å²) in [4.78, 5) is 20.5. The van der Waals surface area contributed by atoms with Gasteiger partial charge in [0.15, 0.2) is 5.82 Å². The molecular weight excluding hydrogens is 391 g/mol. The number of rotatable bonds is 3. The first-order valence-electron chi connectivity index (χ1n) is 9.06. The molecule has 2 atom stereocenters. The van der Waals surface area contributed by atoms with Gasteiger partial charge in [-0.15, -0.1) is 0 Å². The lowest BCUT2D eigenvalue weighted by atomic mass is 10.2. The van der Waals surface area contributed by atoms with E-state index in [1.54, 1.807) is 0 Å². The van der Waals surface area contributed by atoms with Gasteiger partial charge < -0.3 is 20.6 Å². The Balaban J connectivity index is 0.000000298. The Hall–Kier alpha value is -2.89. The first kappa shape index (κ1) is 20.8. The first-order valence-corrected chi connectivity index (χ1v) is 9.06. The zero-order chi connectivity index (χ0) is 21.2. The summed E-state index contributed by atoms with van der Waals surface area (Å²) in [6.07, 6.45) is -2.57. The number of carbonyl (C=O) groups is 1. The maximum absolute atomic E-state index is 10.6. The number of hydrogen-bond donors (Lipinski definition) is 4. The second-order valence-electron chi connectivity index (χ2n) is 7.10. The number of fused-ring (bicyclic) bond motifs is 2. The van der Waals surface area contributed by atoms with Crippen molar-refractivity contribution in [2.75, 3.05) is 23.3 Å². The fourth-order valence-corrected chi connectivity index (χ4v) is 3.33. The number of H-pyrrole nitrogens is 1. The van der Waals surface area contributed by atoms with E-state index in [1.165, 1.54) is 12.8 Å². The molecule has 0 aliphatic carbocycles. The van der Waals surface area contributed by atoms with E-state index in [0.717, 1.165) is 42.1 Å². The van der Waals surface area contributed by atoms with Gasteiger partial charge in [-0.2, -0.15) is 23.3 Å². The van der Waals surface area contributed by atoms with Gasteiger partial charge in [0.05, 0.1) is 0 Å². The van der Waals surface area contributed by atoms with Crippen molar-refractivity contribution in [1.29, 1.82) is 0 Å². The fraction of sp³-hybridized carbons (Fsp3) is 0.529. The van der Waals surface area contributed by atoms with Gasteiger partial charge in [-0.3, -0.25) is 5.10 Å². The van der Waals surface area contributed by atoms with Crippen molar-refractivity contribution in [2.45, 2.75) is 44.9 Å². The van der Waals surface area contributed by atoms with E-state index < -0.39 is 12.1 Å². The van der Waals surface area contributed by atoms with E-state index in [-0.39, 0.29) is 0 Å². The summed E-state index contributed by atoms with van der Waals surface area (Å²) in [5, 5.41) is 21.1. The van der Waals surface area contributed by atoms with Crippen molar-refractivity contribution in [3.8, 4) is 0 Å². The van der Waals surface area contributed by atoms with Crippen LogP contribution in [0.15, 0.2) is 12.1 Å². The van der Waals surface area contributed by atoms with Crippen molar-refractivity contribution in [3.05, 3.63) is 23.5 Å². The van der Waals surface area contributed by atoms with E-state index in [0.29, 0.717) is 12.1 Å². The molecule has 4 N–H and O–H groups in total. The van der Waals surface area contributed by atoms with E-state index in [1.807, 2.05) is 26.0 Å². The summed E-state index contributed by atoms with van der Waals surface area (Å²) in [7, 11) is 0. The van der Waals surface area contributed by atoms with E-state index in [4.69, 9.17) is 9.90 Å². The van der Waals surface area contributed by atoms with Crippen molar-refractivity contribution >= 4 is 23.6 Å². The number of aromatic amines is 1. The molecule has 2 aliphatic heterocycles. The number of nitrogens with one attached hydrogen (secondary N) is 3. The third kappa shape index (κ3) is 5.56. The minimum atomic E-state index is -5.08. The second kappa shape index (κ2) is 8.23. The van der Waals surface area contributed by atoms with E-state index >= 15 is 0 Å². The van der Waals surface area contributed by atoms with Gasteiger partial charge in [0.1, 0.15) is 5.82 Å². The number of carboxylic acid groups (broad SMARTS) is 1. The maximum atomic E-state index is 10.6. The Bertz CT molecular complexity index is 859. The standard InChI is InChI=1S/C15H21N7.C2HF3O2/c1-9-5-13(18-14-6-10(2)20-21-14)19-15(16-9)22-7-11-3-4-12(8-22)17-11;3-2(4,5)1(6)7/h5-6,11-12,17H,3-4,7-8H2,1-2H3,(H2,16,18,19,20,21);(H,6,7)/t11-,12+;. The van der Waals surface area contributed by atoms with Crippen molar-refractivity contribution in [1.82, 2.24) is 25.5 Å². The predicted molar refractivity (Wildman–Crippen MR) is 99.2 cm³/mol. The fourth-order valence-electron chi connectivity index (χ4n) is 3.33. The van der Waals surface area contributed by atoms with Gasteiger partial charge in [0.25, 0.3) is 0 Å². The van der Waals surface area contributed by atoms with Crippen molar-refractivity contribution in [2.24, 2.45) is 0 Å². The van der Waals surface area contributed by atoms with Gasteiger partial charge in [0, 0.05) is 48.7 Å². The first-order chi connectivity index (χ1) is 13.6. The Morgan fingerprint density at radius 3 is 2.31 bits per heavy atom. The average Bonchev–Trinajstić information content (AvgIpc) is 3.18. The number of carboxylic acids is 1. The molecule has 2 aromatic rings. The molecule has 0 radical (unpaired) electrons. The molecule has 0 unspecified atom stereocenters. The number of halogens is 3. The van der Waals surface area contributed by atoms with Gasteiger partial charge in [-0.25, -0.2) is 9.78 Å². The molecule has 2 bridgehead atoms. The highest BCUT2D eigenvalue weighted by Gasteiger charge is 2.38. The molecule has 4 rings (SSSR count). The monoisotopic (exact) mass is 413 g/mol. The Labute approximate surface area is 164 Å². The molecule has 2 aromatic heterocycles. The lowest BCUT2D eigenvalue weighted by Crippen LogP contribution is -2.51. The molecule has 9 nitrogen and oxygen atoms in total. The average molecular weight is 413 g/mol. The summed E-state index contributed by atoms with van der Waals surface area (Å²) < 4.78 is 31.7. The number of nitrogens with zero attached hydrogens (tertiary/aromatic N) is 4. The minimum Gasteiger partial charge on any atom is -0.475 e. The third-order valence-electron chi connectivity index (χ3n) is 4.55. The van der Waals surface area contributed by atoms with Crippen molar-refractivity contribution < 1.29 is 23.1 Å². The highest BCUT2D eigenvalue weighted by Crippen LogP contribution is 2.24. The van der Waals surface area contributed by atoms with Crippen LogP contribution in [0.4, 0.5) is 30.8 Å². The Morgan fingerprint density at radius 1 is 1.17 bits per heavy atom. The van der Waals surface area contributed by atoms with Crippen LogP contribution in [-0.4, -0.2) is 62.6 Å². The van der Waals surface area contributed by atoms with Gasteiger partial charge >= 0.3 is 12.1 Å². The topological polar surface area (TPSA) is 119 Å². The predicted octanol–water partition coefficient (Wildman–Crippen LogP) is 2.13. The highest BCUT2D eigenvalue weighted by atomic mass is 19.4. The van der Waals surface area contributed by atoms with Crippen molar-refractivity contribution in [3.63, 3.8) is 0 Å². The minimum absolute atomic E-state index is 0.577. The van der Waals surface area contributed by atoms with Crippen LogP contribution in [0.1, 0.15) is 24.2 Å². The van der Waals surface area contributed by atoms with Crippen LogP contribution in [0.5, 0.6) is 0 Å². The van der Waals surface area contributed by atoms with Crippen LogP contribution in [0.3, 0.4) is 0 Å². The molecule has 2 fully saturated rings. The number of aromatic nitrogens is 4. The summed E-state index contributed by atoms with van der Waals surface area (Å²) in [6.45, 7) is 5.95. The number of anilines is 3. The molecule has 0 aromatic carbocycles. The number of piperazine rings is 1. The molecular formula is C17H22F3N7O2. The van der Waals surface area contributed by atoms with Crippen LogP contribution < -0.4 is 15.5 Å².